The average Bonchev–Trinajstić information content (AvgIpc) is 3.36. The van der Waals surface area contributed by atoms with Crippen molar-refractivity contribution in [3.05, 3.63) is 14.5 Å². The van der Waals surface area contributed by atoms with Crippen LogP contribution >= 0.6 is 23.1 Å². The first-order valence-corrected chi connectivity index (χ1v) is 11.4. The molecule has 2 N–H and O–H groups in total. The molecule has 1 aromatic rings. The number of aromatic amines is 1. The molecular formula is C19H22N2O5S2. The number of carboxylic acid groups (broad SMARTS) is 1. The highest BCUT2D eigenvalue weighted by Crippen LogP contribution is 2.69. The van der Waals surface area contributed by atoms with E-state index in [0.29, 0.717) is 0 Å². The van der Waals surface area contributed by atoms with Crippen LogP contribution in [0.25, 0.3) is 0 Å². The van der Waals surface area contributed by atoms with E-state index in [2.05, 4.69) is 18.8 Å². The number of aliphatic carboxylic acids is 1. The molecule has 2 aliphatic carbocycles. The summed E-state index contributed by atoms with van der Waals surface area (Å²) in [6.07, 6.45) is 1.54. The van der Waals surface area contributed by atoms with Crippen molar-refractivity contribution in [3.8, 4) is 0 Å². The Hall–Kier alpha value is -1.61. The quantitative estimate of drug-likeness (QED) is 0.718. The van der Waals surface area contributed by atoms with Gasteiger partial charge in [-0.05, 0) is 30.6 Å². The molecule has 7 atom stereocenters. The SMILES string of the molecule is CC[C@]1(C)c2sc(=O)[nH]c2S[C@H]2[C@H]3C[C@@H]([C@H]4C(=O)N(CCC(=O)O)C(=O)[C@H]34)[C@@H]21. The van der Waals surface area contributed by atoms with Gasteiger partial charge in [0.05, 0.1) is 23.3 Å². The maximum atomic E-state index is 13.1. The molecule has 150 valence electrons. The minimum atomic E-state index is -1.00. The number of fused-ring (bicyclic) bond motifs is 9. The zero-order valence-corrected chi connectivity index (χ0v) is 17.3. The van der Waals surface area contributed by atoms with Crippen molar-refractivity contribution >= 4 is 40.9 Å². The Labute approximate surface area is 169 Å². The predicted molar refractivity (Wildman–Crippen MR) is 103 cm³/mol. The maximum absolute atomic E-state index is 13.1. The largest absolute Gasteiger partial charge is 0.481 e. The van der Waals surface area contributed by atoms with E-state index in [0.717, 1.165) is 22.7 Å². The summed E-state index contributed by atoms with van der Waals surface area (Å²) < 4.78 is 0. The number of carbonyl (C=O) groups is 3. The van der Waals surface area contributed by atoms with Gasteiger partial charge in [-0.1, -0.05) is 25.2 Å². The number of likely N-dealkylation sites (tertiary alicyclic amines) is 1. The normalized spacial score (nSPS) is 40.6. The number of thioether (sulfide) groups is 1. The number of imide groups is 1. The first kappa shape index (κ1) is 18.4. The lowest BCUT2D eigenvalue weighted by Crippen LogP contribution is -2.49. The van der Waals surface area contributed by atoms with Gasteiger partial charge >= 0.3 is 10.8 Å². The summed E-state index contributed by atoms with van der Waals surface area (Å²) in [4.78, 5) is 54.2. The van der Waals surface area contributed by atoms with Gasteiger partial charge in [0.1, 0.15) is 0 Å². The van der Waals surface area contributed by atoms with Crippen LogP contribution in [0.2, 0.25) is 0 Å². The summed E-state index contributed by atoms with van der Waals surface area (Å²) in [6.45, 7) is 4.30. The Morgan fingerprint density at radius 1 is 1.25 bits per heavy atom. The van der Waals surface area contributed by atoms with E-state index in [-0.39, 0.29) is 69.9 Å². The van der Waals surface area contributed by atoms with Gasteiger partial charge in [-0.2, -0.15) is 0 Å². The van der Waals surface area contributed by atoms with Crippen LogP contribution < -0.4 is 4.87 Å². The molecular weight excluding hydrogens is 400 g/mol. The van der Waals surface area contributed by atoms with Gasteiger partial charge in [0, 0.05) is 22.1 Å². The van der Waals surface area contributed by atoms with Gasteiger partial charge in [-0.25, -0.2) is 0 Å². The Bertz CT molecular complexity index is 954. The molecule has 3 heterocycles. The highest BCUT2D eigenvalue weighted by atomic mass is 32.2. The Balaban J connectivity index is 1.53. The van der Waals surface area contributed by atoms with Crippen molar-refractivity contribution in [1.29, 1.82) is 0 Å². The van der Waals surface area contributed by atoms with Crippen molar-refractivity contribution in [2.24, 2.45) is 29.6 Å². The van der Waals surface area contributed by atoms with Crippen LogP contribution in [-0.2, 0) is 19.8 Å². The predicted octanol–water partition coefficient (Wildman–Crippen LogP) is 1.92. The van der Waals surface area contributed by atoms with E-state index in [9.17, 15) is 19.2 Å². The molecule has 2 amide bonds. The summed E-state index contributed by atoms with van der Waals surface area (Å²) in [6, 6.07) is 0. The number of hydrogen-bond donors (Lipinski definition) is 2. The van der Waals surface area contributed by atoms with E-state index in [4.69, 9.17) is 5.11 Å². The lowest BCUT2D eigenvalue weighted by Gasteiger charge is -2.48. The molecule has 0 aromatic carbocycles. The van der Waals surface area contributed by atoms with E-state index < -0.39 is 5.97 Å². The second-order valence-corrected chi connectivity index (χ2v) is 10.8. The topological polar surface area (TPSA) is 108 Å². The maximum Gasteiger partial charge on any atom is 0.305 e. The lowest BCUT2D eigenvalue weighted by atomic mass is 9.62. The van der Waals surface area contributed by atoms with Crippen molar-refractivity contribution in [2.75, 3.05) is 6.54 Å². The van der Waals surface area contributed by atoms with Gasteiger partial charge in [-0.15, -0.1) is 11.8 Å². The lowest BCUT2D eigenvalue weighted by molar-refractivity contribution is -0.142. The van der Waals surface area contributed by atoms with Gasteiger partial charge in [-0.3, -0.25) is 24.1 Å². The molecule has 4 aliphatic rings. The minimum absolute atomic E-state index is 0.0341. The number of carbonyl (C=O) groups excluding carboxylic acids is 2. The van der Waals surface area contributed by atoms with Gasteiger partial charge in [0.15, 0.2) is 0 Å². The van der Waals surface area contributed by atoms with E-state index in [1.807, 2.05) is 0 Å². The highest BCUT2D eigenvalue weighted by Gasteiger charge is 2.71. The van der Waals surface area contributed by atoms with Crippen LogP contribution in [-0.4, -0.2) is 44.6 Å². The zero-order chi connectivity index (χ0) is 20.0. The fourth-order valence-corrected chi connectivity index (χ4v) is 9.58. The average molecular weight is 423 g/mol. The molecule has 3 fully saturated rings. The number of nitrogens with one attached hydrogen (secondary N) is 1. The molecule has 9 heteroatoms. The molecule has 1 saturated heterocycles. The second kappa shape index (κ2) is 5.95. The molecule has 2 saturated carbocycles. The summed E-state index contributed by atoms with van der Waals surface area (Å²) in [5, 5.41) is 10.1. The third-order valence-corrected chi connectivity index (χ3v) is 10.4. The first-order valence-electron chi connectivity index (χ1n) is 9.75. The van der Waals surface area contributed by atoms with Crippen molar-refractivity contribution in [2.45, 2.75) is 48.8 Å². The minimum Gasteiger partial charge on any atom is -0.481 e. The van der Waals surface area contributed by atoms with E-state index in [1.54, 1.807) is 11.8 Å². The van der Waals surface area contributed by atoms with E-state index in [1.165, 1.54) is 16.2 Å². The number of aromatic nitrogens is 1. The molecule has 1 aromatic heterocycles. The van der Waals surface area contributed by atoms with Crippen LogP contribution in [0.1, 0.15) is 38.0 Å². The van der Waals surface area contributed by atoms with Gasteiger partial charge in [0.2, 0.25) is 11.8 Å². The number of hydrogen-bond acceptors (Lipinski definition) is 6. The third-order valence-electron chi connectivity index (χ3n) is 7.60. The third kappa shape index (κ3) is 2.17. The number of nitrogens with zero attached hydrogens (tertiary/aromatic N) is 1. The number of rotatable bonds is 4. The summed E-state index contributed by atoms with van der Waals surface area (Å²) >= 11 is 2.96. The van der Waals surface area contributed by atoms with Crippen LogP contribution in [0.4, 0.5) is 0 Å². The second-order valence-electron chi connectivity index (χ2n) is 8.64. The molecule has 28 heavy (non-hydrogen) atoms. The summed E-state index contributed by atoms with van der Waals surface area (Å²) in [5.74, 6) is -1.54. The zero-order valence-electron chi connectivity index (χ0n) is 15.6. The van der Waals surface area contributed by atoms with Crippen LogP contribution in [0, 0.1) is 29.6 Å². The Kier molecular flexibility index (Phi) is 3.91. The van der Waals surface area contributed by atoms with Crippen LogP contribution in [0.15, 0.2) is 9.82 Å². The first-order chi connectivity index (χ1) is 13.3. The van der Waals surface area contributed by atoms with Crippen LogP contribution in [0.3, 0.4) is 0 Å². The molecule has 2 bridgehead atoms. The van der Waals surface area contributed by atoms with Gasteiger partial charge in [0.25, 0.3) is 0 Å². The Morgan fingerprint density at radius 3 is 2.57 bits per heavy atom. The summed E-state index contributed by atoms with van der Waals surface area (Å²) in [5.41, 5.74) is -0.183. The molecule has 0 spiro atoms. The number of thiazole rings is 1. The molecule has 5 rings (SSSR count). The number of amides is 2. The fourth-order valence-electron chi connectivity index (χ4n) is 6.38. The standard InChI is InChI=1S/C19H22N2O5S2/c1-3-19(2)12-7-6-8(13(12)27-15-14(19)28-18(26)20-15)11-10(7)16(24)21(17(11)25)5-4-9(22)23/h7-8,10-13H,3-6H2,1-2H3,(H,20,26)(H,22,23)/t7-,8-,10+,11+,12-,13-,19-/m0/s1. The smallest absolute Gasteiger partial charge is 0.305 e. The van der Waals surface area contributed by atoms with Crippen molar-refractivity contribution in [1.82, 2.24) is 9.88 Å². The number of H-pyrrole nitrogens is 1. The molecule has 0 radical (unpaired) electrons. The van der Waals surface area contributed by atoms with Crippen LogP contribution in [0.5, 0.6) is 0 Å². The molecule has 0 unspecified atom stereocenters. The highest BCUT2D eigenvalue weighted by molar-refractivity contribution is 8.00. The van der Waals surface area contributed by atoms with Crippen molar-refractivity contribution < 1.29 is 19.5 Å². The molecule has 2 aliphatic heterocycles. The number of carboxylic acids is 1. The summed E-state index contributed by atoms with van der Waals surface area (Å²) in [7, 11) is 0. The van der Waals surface area contributed by atoms with E-state index >= 15 is 0 Å². The van der Waals surface area contributed by atoms with Gasteiger partial charge < -0.3 is 10.1 Å². The fraction of sp³-hybridized carbons (Fsp3) is 0.684. The van der Waals surface area contributed by atoms with Crippen molar-refractivity contribution in [3.63, 3.8) is 0 Å². The Morgan fingerprint density at radius 2 is 1.93 bits per heavy atom. The monoisotopic (exact) mass is 422 g/mol. The molecule has 7 nitrogen and oxygen atoms in total.